The van der Waals surface area contributed by atoms with E-state index in [0.29, 0.717) is 17.7 Å². The average molecular weight is 314 g/mol. The van der Waals surface area contributed by atoms with E-state index in [1.54, 1.807) is 6.92 Å². The highest BCUT2D eigenvalue weighted by Gasteiger charge is 2.19. The molecule has 7 heteroatoms. The molecule has 0 saturated carbocycles. The minimum absolute atomic E-state index is 0.0411. The van der Waals surface area contributed by atoms with Crippen molar-refractivity contribution < 1.29 is 17.9 Å². The minimum Gasteiger partial charge on any atom is -0.465 e. The van der Waals surface area contributed by atoms with Gasteiger partial charge in [-0.25, -0.2) is 17.9 Å². The Morgan fingerprint density at radius 1 is 1.38 bits per heavy atom. The van der Waals surface area contributed by atoms with Crippen molar-refractivity contribution in [1.82, 2.24) is 10.0 Å². The summed E-state index contributed by atoms with van der Waals surface area (Å²) in [7, 11) is -2.31. The van der Waals surface area contributed by atoms with E-state index in [-0.39, 0.29) is 10.9 Å². The van der Waals surface area contributed by atoms with Gasteiger partial charge in [0.25, 0.3) is 0 Å². The quantitative estimate of drug-likeness (QED) is 0.735. The van der Waals surface area contributed by atoms with E-state index < -0.39 is 16.0 Å². The number of esters is 1. The van der Waals surface area contributed by atoms with Gasteiger partial charge in [0, 0.05) is 12.6 Å². The molecule has 0 fully saturated rings. The van der Waals surface area contributed by atoms with E-state index in [2.05, 4.69) is 14.8 Å². The molecule has 0 aliphatic rings. The van der Waals surface area contributed by atoms with Crippen LogP contribution in [-0.2, 0) is 14.8 Å². The Morgan fingerprint density at radius 2 is 2.05 bits per heavy atom. The third-order valence-corrected chi connectivity index (χ3v) is 4.60. The second kappa shape index (κ2) is 7.53. The molecular weight excluding hydrogens is 292 g/mol. The highest BCUT2D eigenvalue weighted by Crippen LogP contribution is 2.17. The maximum atomic E-state index is 12.3. The molecule has 0 saturated heterocycles. The van der Waals surface area contributed by atoms with Gasteiger partial charge in [0.15, 0.2) is 0 Å². The van der Waals surface area contributed by atoms with E-state index in [9.17, 15) is 13.2 Å². The van der Waals surface area contributed by atoms with Gasteiger partial charge in [-0.1, -0.05) is 6.92 Å². The smallest absolute Gasteiger partial charge is 0.337 e. The van der Waals surface area contributed by atoms with Crippen molar-refractivity contribution in [2.75, 3.05) is 20.2 Å². The second-order valence-corrected chi connectivity index (χ2v) is 6.52. The number of sulfonamides is 1. The Kier molecular flexibility index (Phi) is 6.32. The Morgan fingerprint density at radius 3 is 2.57 bits per heavy atom. The van der Waals surface area contributed by atoms with Crippen LogP contribution in [0.4, 0.5) is 0 Å². The molecule has 6 nitrogen and oxygen atoms in total. The number of aryl methyl sites for hydroxylation is 1. The predicted molar refractivity (Wildman–Crippen MR) is 80.8 cm³/mol. The summed E-state index contributed by atoms with van der Waals surface area (Å²) in [6.07, 6.45) is 0. The summed E-state index contributed by atoms with van der Waals surface area (Å²) < 4.78 is 31.7. The summed E-state index contributed by atoms with van der Waals surface area (Å²) >= 11 is 0. The SMILES string of the molecule is CCN[C@H](C)CNS(=O)(=O)c1ccc(C(=O)OC)cc1C. The molecule has 0 amide bonds. The first-order valence-electron chi connectivity index (χ1n) is 6.73. The number of rotatable bonds is 7. The van der Waals surface area contributed by atoms with Gasteiger partial charge in [-0.3, -0.25) is 0 Å². The fraction of sp³-hybridized carbons (Fsp3) is 0.500. The van der Waals surface area contributed by atoms with Gasteiger partial charge in [-0.05, 0) is 44.2 Å². The Bertz CT molecular complexity index is 599. The molecule has 0 aliphatic heterocycles. The molecule has 0 unspecified atom stereocenters. The Labute approximate surface area is 125 Å². The minimum atomic E-state index is -3.60. The Hall–Kier alpha value is -1.44. The summed E-state index contributed by atoms with van der Waals surface area (Å²) in [4.78, 5) is 11.6. The van der Waals surface area contributed by atoms with Gasteiger partial charge < -0.3 is 10.1 Å². The van der Waals surface area contributed by atoms with Crippen LogP contribution in [0.25, 0.3) is 0 Å². The van der Waals surface area contributed by atoms with Crippen molar-refractivity contribution in [3.05, 3.63) is 29.3 Å². The van der Waals surface area contributed by atoms with Crippen LogP contribution in [-0.4, -0.2) is 40.6 Å². The summed E-state index contributed by atoms with van der Waals surface area (Å²) in [5, 5.41) is 3.13. The molecule has 0 spiro atoms. The van der Waals surface area contributed by atoms with E-state index >= 15 is 0 Å². The van der Waals surface area contributed by atoms with Crippen molar-refractivity contribution in [3.8, 4) is 0 Å². The summed E-state index contributed by atoms with van der Waals surface area (Å²) in [6.45, 7) is 6.58. The molecule has 0 radical (unpaired) electrons. The third kappa shape index (κ3) is 4.80. The van der Waals surface area contributed by atoms with Crippen LogP contribution in [0.2, 0.25) is 0 Å². The molecule has 1 aromatic rings. The highest BCUT2D eigenvalue weighted by atomic mass is 32.2. The molecule has 0 aliphatic carbocycles. The summed E-state index contributed by atoms with van der Waals surface area (Å²) in [5.41, 5.74) is 0.830. The first kappa shape index (κ1) is 17.6. The van der Waals surface area contributed by atoms with Crippen molar-refractivity contribution in [2.45, 2.75) is 31.7 Å². The van der Waals surface area contributed by atoms with E-state index in [1.165, 1.54) is 25.3 Å². The number of carbonyl (C=O) groups is 1. The second-order valence-electron chi connectivity index (χ2n) is 4.78. The molecule has 1 rings (SSSR count). The largest absolute Gasteiger partial charge is 0.465 e. The topological polar surface area (TPSA) is 84.5 Å². The van der Waals surface area contributed by atoms with Crippen LogP contribution in [0.5, 0.6) is 0 Å². The van der Waals surface area contributed by atoms with E-state index in [4.69, 9.17) is 0 Å². The third-order valence-electron chi connectivity index (χ3n) is 3.02. The van der Waals surface area contributed by atoms with Crippen LogP contribution >= 0.6 is 0 Å². The zero-order chi connectivity index (χ0) is 16.0. The lowest BCUT2D eigenvalue weighted by atomic mass is 10.1. The van der Waals surface area contributed by atoms with Gasteiger partial charge in [0.2, 0.25) is 10.0 Å². The number of methoxy groups -OCH3 is 1. The van der Waals surface area contributed by atoms with Gasteiger partial charge in [0.1, 0.15) is 0 Å². The monoisotopic (exact) mass is 314 g/mol. The molecule has 1 atom stereocenters. The van der Waals surface area contributed by atoms with Crippen molar-refractivity contribution in [3.63, 3.8) is 0 Å². The van der Waals surface area contributed by atoms with Crippen molar-refractivity contribution in [1.29, 1.82) is 0 Å². The molecule has 2 N–H and O–H groups in total. The van der Waals surface area contributed by atoms with Crippen LogP contribution in [0.3, 0.4) is 0 Å². The lowest BCUT2D eigenvalue weighted by Crippen LogP contribution is -2.38. The normalized spacial score (nSPS) is 13.0. The zero-order valence-electron chi connectivity index (χ0n) is 12.8. The van der Waals surface area contributed by atoms with Crippen molar-refractivity contribution >= 4 is 16.0 Å². The lowest BCUT2D eigenvalue weighted by Gasteiger charge is -2.15. The molecule has 0 bridgehead atoms. The first-order chi connectivity index (χ1) is 9.81. The number of hydrogen-bond donors (Lipinski definition) is 2. The molecule has 1 aromatic carbocycles. The Balaban J connectivity index is 2.91. The van der Waals surface area contributed by atoms with E-state index in [1.807, 2.05) is 13.8 Å². The number of carbonyl (C=O) groups excluding carboxylic acids is 1. The lowest BCUT2D eigenvalue weighted by molar-refractivity contribution is 0.0600. The summed E-state index contributed by atoms with van der Waals surface area (Å²) in [6, 6.07) is 4.41. The van der Waals surface area contributed by atoms with Crippen molar-refractivity contribution in [2.24, 2.45) is 0 Å². The van der Waals surface area contributed by atoms with Crippen LogP contribution in [0, 0.1) is 6.92 Å². The average Bonchev–Trinajstić information content (AvgIpc) is 2.44. The first-order valence-corrected chi connectivity index (χ1v) is 8.22. The number of nitrogens with one attached hydrogen (secondary N) is 2. The maximum absolute atomic E-state index is 12.3. The standard InChI is InChI=1S/C14H22N2O4S/c1-5-15-11(3)9-16-21(18,19)13-7-6-12(8-10(13)2)14(17)20-4/h6-8,11,15-16H,5,9H2,1-4H3/t11-/m1/s1. The number of likely N-dealkylation sites (N-methyl/N-ethyl adjacent to an activating group) is 1. The van der Waals surface area contributed by atoms with Gasteiger partial charge in [-0.15, -0.1) is 0 Å². The molecular formula is C14H22N2O4S. The fourth-order valence-corrected chi connectivity index (χ4v) is 3.28. The molecule has 118 valence electrons. The van der Waals surface area contributed by atoms with Gasteiger partial charge in [-0.2, -0.15) is 0 Å². The summed E-state index contributed by atoms with van der Waals surface area (Å²) in [5.74, 6) is -0.490. The van der Waals surface area contributed by atoms with E-state index in [0.717, 1.165) is 6.54 Å². The molecule has 0 heterocycles. The number of ether oxygens (including phenoxy) is 1. The van der Waals surface area contributed by atoms with Crippen LogP contribution < -0.4 is 10.0 Å². The predicted octanol–water partition coefficient (Wildman–Crippen LogP) is 1.06. The fourth-order valence-electron chi connectivity index (χ4n) is 1.93. The highest BCUT2D eigenvalue weighted by molar-refractivity contribution is 7.89. The molecule has 0 aromatic heterocycles. The van der Waals surface area contributed by atoms with Crippen LogP contribution in [0.1, 0.15) is 29.8 Å². The van der Waals surface area contributed by atoms with Gasteiger partial charge >= 0.3 is 5.97 Å². The molecule has 21 heavy (non-hydrogen) atoms. The zero-order valence-corrected chi connectivity index (χ0v) is 13.6. The van der Waals surface area contributed by atoms with Crippen LogP contribution in [0.15, 0.2) is 23.1 Å². The maximum Gasteiger partial charge on any atom is 0.337 e. The van der Waals surface area contributed by atoms with Gasteiger partial charge in [0.05, 0.1) is 17.6 Å². The number of hydrogen-bond acceptors (Lipinski definition) is 5. The number of benzene rings is 1.